The van der Waals surface area contributed by atoms with Gasteiger partial charge in [0.25, 0.3) is 0 Å². The molecule has 3 aliphatic rings. The fourth-order valence-electron chi connectivity index (χ4n) is 2.76. The molecule has 1 saturated carbocycles. The van der Waals surface area contributed by atoms with E-state index in [4.69, 9.17) is 12.2 Å². The minimum atomic E-state index is -1.62. The van der Waals surface area contributed by atoms with E-state index in [0.717, 1.165) is 25.7 Å². The molecule has 4 atom stereocenters. The second kappa shape index (κ2) is 3.87. The minimum absolute atomic E-state index is 0.325. The first kappa shape index (κ1) is 7.80. The highest BCUT2D eigenvalue weighted by molar-refractivity contribution is 5.87. The van der Waals surface area contributed by atoms with E-state index in [1.165, 1.54) is 0 Å². The largest absolute Gasteiger partial charge is 0.371 e. The van der Waals surface area contributed by atoms with Gasteiger partial charge < -0.3 is 9.47 Å². The van der Waals surface area contributed by atoms with Crippen LogP contribution >= 0.6 is 0 Å². The summed E-state index contributed by atoms with van der Waals surface area (Å²) in [5.41, 5.74) is 0. The highest BCUT2D eigenvalue weighted by atomic mass is 16.6. The molecule has 0 N–H and O–H groups in total. The molecule has 0 unspecified atom stereocenters. The average molecular weight is 212 g/mol. The van der Waals surface area contributed by atoms with Gasteiger partial charge in [-0.15, -0.1) is 0 Å². The van der Waals surface area contributed by atoms with Gasteiger partial charge in [-0.2, -0.15) is 0 Å². The molecule has 84 valence electrons. The van der Waals surface area contributed by atoms with Crippen LogP contribution < -0.4 is 0 Å². The van der Waals surface area contributed by atoms with Crippen LogP contribution in [-0.2, 0) is 14.3 Å². The first-order chi connectivity index (χ1) is 8.07. The number of Topliss-reactive ketones (excluding diaryl/α,β-unsaturated/α-hetero) is 1. The molecule has 15 heavy (non-hydrogen) atoms. The van der Waals surface area contributed by atoms with Crippen LogP contribution in [0.1, 0.15) is 41.3 Å². The zero-order chi connectivity index (χ0) is 12.1. The zero-order valence-electron chi connectivity index (χ0n) is 10.8. The van der Waals surface area contributed by atoms with E-state index in [-0.39, 0.29) is 11.9 Å². The summed E-state index contributed by atoms with van der Waals surface area (Å²) >= 11 is 0. The average Bonchev–Trinajstić information content (AvgIpc) is 2.33. The van der Waals surface area contributed by atoms with Crippen molar-refractivity contribution in [2.24, 2.45) is 5.89 Å². The highest BCUT2D eigenvalue weighted by Crippen LogP contribution is 2.37. The number of ether oxygens (including phenoxy) is 2. The summed E-state index contributed by atoms with van der Waals surface area (Å²) in [6, 6.07) is 0. The van der Waals surface area contributed by atoms with Crippen molar-refractivity contribution in [2.75, 3.05) is 6.61 Å². The minimum Gasteiger partial charge on any atom is -0.371 e. The van der Waals surface area contributed by atoms with Gasteiger partial charge in [0.2, 0.25) is 0 Å². The second-order valence-corrected chi connectivity index (χ2v) is 4.57. The molecule has 0 aromatic rings. The monoisotopic (exact) mass is 212 g/mol. The fourth-order valence-corrected chi connectivity index (χ4v) is 2.76. The van der Waals surface area contributed by atoms with Gasteiger partial charge in [-0.05, 0) is 25.7 Å². The molecule has 0 bridgehead atoms. The maximum Gasteiger partial charge on any atom is 0.169 e. The van der Waals surface area contributed by atoms with E-state index in [1.807, 2.05) is 0 Å². The number of carbonyl (C=O) groups excluding carboxylic acids is 1. The molecular formula is C12H18O3. The second-order valence-electron chi connectivity index (χ2n) is 4.57. The summed E-state index contributed by atoms with van der Waals surface area (Å²) in [6.07, 6.45) is 2.27. The van der Waals surface area contributed by atoms with Gasteiger partial charge in [-0.25, -0.2) is 0 Å². The lowest BCUT2D eigenvalue weighted by Gasteiger charge is -2.44. The van der Waals surface area contributed by atoms with Gasteiger partial charge in [0.05, 0.1) is 13.6 Å². The van der Waals surface area contributed by atoms with Crippen molar-refractivity contribution in [1.29, 1.82) is 0 Å². The summed E-state index contributed by atoms with van der Waals surface area (Å²) in [4.78, 5) is 12.5. The molecule has 3 fully saturated rings. The third-order valence-corrected chi connectivity index (χ3v) is 3.56. The highest BCUT2D eigenvalue weighted by Gasteiger charge is 2.46. The topological polar surface area (TPSA) is 35.5 Å². The van der Waals surface area contributed by atoms with Crippen molar-refractivity contribution in [2.45, 2.75) is 56.8 Å². The molecule has 0 aromatic carbocycles. The molecule has 1 aliphatic carbocycles. The third-order valence-electron chi connectivity index (χ3n) is 3.56. The Kier molecular flexibility index (Phi) is 2.01. The van der Waals surface area contributed by atoms with E-state index in [1.54, 1.807) is 0 Å². The molecule has 0 radical (unpaired) electrons. The molecule has 3 rings (SSSR count). The lowest BCUT2D eigenvalue weighted by molar-refractivity contribution is -0.194. The number of ketones is 1. The van der Waals surface area contributed by atoms with Crippen molar-refractivity contribution in [1.82, 2.24) is 0 Å². The van der Waals surface area contributed by atoms with Crippen LogP contribution in [-0.4, -0.2) is 30.7 Å². The van der Waals surface area contributed by atoms with Crippen molar-refractivity contribution < 1.29 is 17.0 Å². The lowest BCUT2D eigenvalue weighted by atomic mass is 9.78. The summed E-state index contributed by atoms with van der Waals surface area (Å²) in [5.74, 6) is -1.61. The van der Waals surface area contributed by atoms with Gasteiger partial charge in [-0.1, -0.05) is 12.8 Å². The fraction of sp³-hybridized carbons (Fsp3) is 0.917. The van der Waals surface area contributed by atoms with Gasteiger partial charge in [-0.3, -0.25) is 4.79 Å². The Hall–Kier alpha value is -0.410. The normalized spacial score (nSPS) is 57.5. The van der Waals surface area contributed by atoms with Crippen molar-refractivity contribution in [3.8, 4) is 0 Å². The standard InChI is InChI=1S/C12H18O3/c13-11-8-4-1-2-5-9(8)15-10-6-3-7-14-12(10)11/h8-10,12H,1-7H2/t8-,9-,10-,12-/m0/s1/i8D,12D. The van der Waals surface area contributed by atoms with Crippen LogP contribution in [0.2, 0.25) is 0 Å². The van der Waals surface area contributed by atoms with Crippen LogP contribution in [0.15, 0.2) is 0 Å². The van der Waals surface area contributed by atoms with Crippen molar-refractivity contribution in [3.05, 3.63) is 0 Å². The quantitative estimate of drug-likeness (QED) is 0.613. The van der Waals surface area contributed by atoms with E-state index in [2.05, 4.69) is 0 Å². The Bertz CT molecular complexity index is 319. The molecule has 3 nitrogen and oxygen atoms in total. The zero-order valence-corrected chi connectivity index (χ0v) is 8.83. The Morgan fingerprint density at radius 1 is 1.13 bits per heavy atom. The molecule has 0 amide bonds. The van der Waals surface area contributed by atoms with Crippen molar-refractivity contribution in [3.63, 3.8) is 0 Å². The SMILES string of the molecule is [2H][C@]12CCCC[C@@H]1O[C@H]1CCCO[C@]1([2H])C2=O. The van der Waals surface area contributed by atoms with Crippen molar-refractivity contribution >= 4 is 5.78 Å². The summed E-state index contributed by atoms with van der Waals surface area (Å²) in [5, 5.41) is 0. The predicted octanol–water partition coefficient (Wildman–Crippen LogP) is 1.69. The number of carbonyl (C=O) groups is 1. The molecule has 0 aromatic heterocycles. The van der Waals surface area contributed by atoms with Crippen LogP contribution in [0, 0.1) is 5.89 Å². The maximum absolute atomic E-state index is 12.5. The van der Waals surface area contributed by atoms with E-state index >= 15 is 0 Å². The molecule has 0 spiro atoms. The number of hydrogen-bond acceptors (Lipinski definition) is 3. The summed E-state index contributed by atoms with van der Waals surface area (Å²) < 4.78 is 27.8. The first-order valence-corrected chi connectivity index (χ1v) is 5.92. The van der Waals surface area contributed by atoms with E-state index < -0.39 is 18.1 Å². The first-order valence-electron chi connectivity index (χ1n) is 6.92. The summed E-state index contributed by atoms with van der Waals surface area (Å²) in [6.45, 7) is 0.426. The Labute approximate surface area is 92.9 Å². The maximum atomic E-state index is 12.5. The predicted molar refractivity (Wildman–Crippen MR) is 54.6 cm³/mol. The van der Waals surface area contributed by atoms with Crippen LogP contribution in [0.25, 0.3) is 0 Å². The Balaban J connectivity index is 1.95. The van der Waals surface area contributed by atoms with Gasteiger partial charge in [0.15, 0.2) is 5.78 Å². The van der Waals surface area contributed by atoms with Crippen LogP contribution in [0.5, 0.6) is 0 Å². The Morgan fingerprint density at radius 2 is 1.93 bits per heavy atom. The molecule has 2 aliphatic heterocycles. The van der Waals surface area contributed by atoms with Gasteiger partial charge in [0.1, 0.15) is 6.08 Å². The van der Waals surface area contributed by atoms with E-state index in [0.29, 0.717) is 19.4 Å². The van der Waals surface area contributed by atoms with E-state index in [9.17, 15) is 4.79 Å². The van der Waals surface area contributed by atoms with Gasteiger partial charge in [0, 0.05) is 13.9 Å². The van der Waals surface area contributed by atoms with Gasteiger partial charge >= 0.3 is 0 Å². The third kappa shape index (κ3) is 1.62. The Morgan fingerprint density at radius 3 is 2.87 bits per heavy atom. The molecule has 2 saturated heterocycles. The number of hydrogen-bond donors (Lipinski definition) is 0. The number of rotatable bonds is 0. The number of fused-ring (bicyclic) bond motifs is 2. The molecule has 2 heterocycles. The van der Waals surface area contributed by atoms with Crippen LogP contribution in [0.3, 0.4) is 0 Å². The molecular weight excluding hydrogens is 192 g/mol. The lowest BCUT2D eigenvalue weighted by Crippen LogP contribution is -2.55. The smallest absolute Gasteiger partial charge is 0.169 e. The molecule has 3 heteroatoms. The van der Waals surface area contributed by atoms with Crippen LogP contribution in [0.4, 0.5) is 0 Å². The summed E-state index contributed by atoms with van der Waals surface area (Å²) in [7, 11) is 0.